The fraction of sp³-hybridized carbons (Fsp3) is 0.200. The SMILES string of the molecule is CC(=O)c1cccc(O[C@H](C)C(=O)NS(=O)(=O)c2ccc(Cl)s2)c1. The first-order valence-electron chi connectivity index (χ1n) is 6.78. The Labute approximate surface area is 148 Å². The Bertz CT molecular complexity index is 875. The molecule has 6 nitrogen and oxygen atoms in total. The summed E-state index contributed by atoms with van der Waals surface area (Å²) in [4.78, 5) is 23.4. The van der Waals surface area contributed by atoms with E-state index in [1.807, 2.05) is 4.72 Å². The molecule has 0 radical (unpaired) electrons. The quantitative estimate of drug-likeness (QED) is 0.770. The minimum Gasteiger partial charge on any atom is -0.481 e. The molecule has 0 aliphatic carbocycles. The number of rotatable bonds is 6. The lowest BCUT2D eigenvalue weighted by atomic mass is 10.1. The molecule has 0 fully saturated rings. The van der Waals surface area contributed by atoms with Gasteiger partial charge in [0.2, 0.25) is 0 Å². The molecule has 1 heterocycles. The van der Waals surface area contributed by atoms with Gasteiger partial charge in [-0.2, -0.15) is 0 Å². The fourth-order valence-corrected chi connectivity index (χ4v) is 4.28. The van der Waals surface area contributed by atoms with E-state index in [9.17, 15) is 18.0 Å². The molecule has 0 aliphatic heterocycles. The molecule has 2 aromatic rings. The van der Waals surface area contributed by atoms with Crippen LogP contribution in [0.2, 0.25) is 4.34 Å². The molecule has 1 amide bonds. The molecular weight excluding hydrogens is 374 g/mol. The highest BCUT2D eigenvalue weighted by atomic mass is 35.5. The van der Waals surface area contributed by atoms with Crippen molar-refractivity contribution in [3.05, 3.63) is 46.3 Å². The summed E-state index contributed by atoms with van der Waals surface area (Å²) in [6, 6.07) is 9.03. The minimum atomic E-state index is -4.00. The molecule has 0 spiro atoms. The number of hydrogen-bond acceptors (Lipinski definition) is 6. The number of ether oxygens (including phenoxy) is 1. The van der Waals surface area contributed by atoms with E-state index in [1.54, 1.807) is 18.2 Å². The van der Waals surface area contributed by atoms with Crippen LogP contribution in [0, 0.1) is 0 Å². The lowest BCUT2D eigenvalue weighted by Crippen LogP contribution is -2.39. The van der Waals surface area contributed by atoms with Crippen LogP contribution in [0.5, 0.6) is 5.75 Å². The van der Waals surface area contributed by atoms with E-state index in [1.165, 1.54) is 32.0 Å². The zero-order chi connectivity index (χ0) is 17.9. The third kappa shape index (κ3) is 4.56. The van der Waals surface area contributed by atoms with E-state index < -0.39 is 22.0 Å². The number of benzene rings is 1. The number of ketones is 1. The van der Waals surface area contributed by atoms with Crippen LogP contribution in [-0.4, -0.2) is 26.2 Å². The standard InChI is InChI=1S/C15H14ClNO5S2/c1-9(18)11-4-3-5-12(8-11)22-10(2)15(19)17-24(20,21)14-7-6-13(16)23-14/h3-8,10H,1-2H3,(H,17,19)/t10-/m1/s1. The first-order valence-corrected chi connectivity index (χ1v) is 9.46. The number of hydrogen-bond donors (Lipinski definition) is 1. The molecule has 1 aromatic carbocycles. The second-order valence-corrected chi connectivity index (χ2v) is 8.50. The Morgan fingerprint density at radius 1 is 1.25 bits per heavy atom. The number of carbonyl (C=O) groups excluding carboxylic acids is 2. The summed E-state index contributed by atoms with van der Waals surface area (Å²) in [5.41, 5.74) is 0.431. The maximum atomic E-state index is 12.1. The number of carbonyl (C=O) groups is 2. The van der Waals surface area contributed by atoms with Gasteiger partial charge < -0.3 is 4.74 Å². The topological polar surface area (TPSA) is 89.5 Å². The van der Waals surface area contributed by atoms with Crippen LogP contribution in [0.4, 0.5) is 0 Å². The lowest BCUT2D eigenvalue weighted by molar-refractivity contribution is -0.125. The van der Waals surface area contributed by atoms with Crippen molar-refractivity contribution >= 4 is 44.7 Å². The van der Waals surface area contributed by atoms with Crippen LogP contribution in [0.3, 0.4) is 0 Å². The van der Waals surface area contributed by atoms with Gasteiger partial charge in [0.15, 0.2) is 11.9 Å². The zero-order valence-corrected chi connectivity index (χ0v) is 15.2. The second kappa shape index (κ2) is 7.33. The first-order chi connectivity index (χ1) is 11.2. The van der Waals surface area contributed by atoms with Crippen molar-refractivity contribution < 1.29 is 22.7 Å². The Morgan fingerprint density at radius 3 is 2.54 bits per heavy atom. The van der Waals surface area contributed by atoms with Crippen molar-refractivity contribution in [1.82, 2.24) is 4.72 Å². The lowest BCUT2D eigenvalue weighted by Gasteiger charge is -2.14. The van der Waals surface area contributed by atoms with E-state index >= 15 is 0 Å². The van der Waals surface area contributed by atoms with E-state index in [0.29, 0.717) is 15.6 Å². The predicted octanol–water partition coefficient (Wildman–Crippen LogP) is 2.88. The largest absolute Gasteiger partial charge is 0.481 e. The average Bonchev–Trinajstić information content (AvgIpc) is 2.94. The molecule has 9 heteroatoms. The third-order valence-corrected chi connectivity index (χ3v) is 6.04. The number of thiophene rings is 1. The fourth-order valence-electron chi connectivity index (χ4n) is 1.75. The summed E-state index contributed by atoms with van der Waals surface area (Å²) < 4.78 is 31.7. The Hall–Kier alpha value is -1.90. The van der Waals surface area contributed by atoms with Gasteiger partial charge >= 0.3 is 0 Å². The number of amides is 1. The van der Waals surface area contributed by atoms with Gasteiger partial charge in [0.05, 0.1) is 4.34 Å². The summed E-state index contributed by atoms with van der Waals surface area (Å²) in [5.74, 6) is -0.677. The zero-order valence-electron chi connectivity index (χ0n) is 12.8. The highest BCUT2D eigenvalue weighted by molar-refractivity contribution is 7.92. The number of nitrogens with one attached hydrogen (secondary N) is 1. The Kier molecular flexibility index (Phi) is 5.63. The molecule has 1 N–H and O–H groups in total. The Morgan fingerprint density at radius 2 is 1.96 bits per heavy atom. The number of Topliss-reactive ketones (excluding diaryl/α,β-unsaturated/α-hetero) is 1. The third-order valence-electron chi connectivity index (χ3n) is 2.97. The summed E-state index contributed by atoms with van der Waals surface area (Å²) in [7, 11) is -4.00. The van der Waals surface area contributed by atoms with Crippen molar-refractivity contribution in [1.29, 1.82) is 0 Å². The molecule has 2 rings (SSSR count). The van der Waals surface area contributed by atoms with E-state index in [4.69, 9.17) is 16.3 Å². The van der Waals surface area contributed by atoms with Crippen LogP contribution < -0.4 is 9.46 Å². The molecule has 128 valence electrons. The van der Waals surface area contributed by atoms with Crippen molar-refractivity contribution in [3.63, 3.8) is 0 Å². The number of halogens is 1. The van der Waals surface area contributed by atoms with Crippen LogP contribution in [0.15, 0.2) is 40.6 Å². The average molecular weight is 388 g/mol. The monoisotopic (exact) mass is 387 g/mol. The van der Waals surface area contributed by atoms with Gasteiger partial charge in [-0.05, 0) is 38.1 Å². The van der Waals surface area contributed by atoms with Crippen LogP contribution in [0.1, 0.15) is 24.2 Å². The predicted molar refractivity (Wildman–Crippen MR) is 91.2 cm³/mol. The molecule has 0 aliphatic rings. The van der Waals surface area contributed by atoms with Crippen LogP contribution in [0.25, 0.3) is 0 Å². The Balaban J connectivity index is 2.07. The molecule has 0 unspecified atom stereocenters. The van der Waals surface area contributed by atoms with Crippen molar-refractivity contribution in [2.75, 3.05) is 0 Å². The molecule has 0 saturated heterocycles. The summed E-state index contributed by atoms with van der Waals surface area (Å²) in [5, 5.41) is 0. The van der Waals surface area contributed by atoms with E-state index in [2.05, 4.69) is 0 Å². The molecule has 24 heavy (non-hydrogen) atoms. The van der Waals surface area contributed by atoms with Gasteiger partial charge in [0, 0.05) is 5.56 Å². The van der Waals surface area contributed by atoms with Crippen LogP contribution in [-0.2, 0) is 14.8 Å². The molecule has 1 aromatic heterocycles. The van der Waals surface area contributed by atoms with Gasteiger partial charge in [-0.1, -0.05) is 23.7 Å². The second-order valence-electron chi connectivity index (χ2n) is 4.87. The van der Waals surface area contributed by atoms with E-state index in [-0.39, 0.29) is 9.99 Å². The summed E-state index contributed by atoms with van der Waals surface area (Å²) >= 11 is 6.54. The minimum absolute atomic E-state index is 0.0633. The highest BCUT2D eigenvalue weighted by Crippen LogP contribution is 2.25. The molecular formula is C15H14ClNO5S2. The normalized spacial score (nSPS) is 12.5. The first kappa shape index (κ1) is 18.4. The maximum Gasteiger partial charge on any atom is 0.274 e. The molecule has 0 bridgehead atoms. The molecule has 1 atom stereocenters. The van der Waals surface area contributed by atoms with Crippen molar-refractivity contribution in [2.24, 2.45) is 0 Å². The summed E-state index contributed by atoms with van der Waals surface area (Å²) in [6.07, 6.45) is -1.07. The van der Waals surface area contributed by atoms with Gasteiger partial charge in [-0.15, -0.1) is 11.3 Å². The molecule has 0 saturated carbocycles. The maximum absolute atomic E-state index is 12.1. The smallest absolute Gasteiger partial charge is 0.274 e. The van der Waals surface area contributed by atoms with Gasteiger partial charge in [-0.25, -0.2) is 13.1 Å². The van der Waals surface area contributed by atoms with Crippen molar-refractivity contribution in [2.45, 2.75) is 24.2 Å². The summed E-state index contributed by atoms with van der Waals surface area (Å²) in [6.45, 7) is 2.82. The number of sulfonamides is 1. The van der Waals surface area contributed by atoms with Crippen molar-refractivity contribution in [3.8, 4) is 5.75 Å². The van der Waals surface area contributed by atoms with E-state index in [0.717, 1.165) is 11.3 Å². The van der Waals surface area contributed by atoms with Gasteiger partial charge in [0.1, 0.15) is 9.96 Å². The van der Waals surface area contributed by atoms with Gasteiger partial charge in [-0.3, -0.25) is 9.59 Å². The van der Waals surface area contributed by atoms with Crippen LogP contribution >= 0.6 is 22.9 Å². The highest BCUT2D eigenvalue weighted by Gasteiger charge is 2.24. The van der Waals surface area contributed by atoms with Gasteiger partial charge in [0.25, 0.3) is 15.9 Å².